The van der Waals surface area contributed by atoms with Crippen LogP contribution in [0, 0.1) is 13.8 Å². The Labute approximate surface area is 374 Å². The molecule has 2 aliphatic heterocycles. The number of hydrogen-bond acceptors (Lipinski definition) is 12. The molecule has 4 aromatic carbocycles. The molecule has 14 heteroatoms. The largest absolute Gasteiger partial charge is 0.493 e. The van der Waals surface area contributed by atoms with Gasteiger partial charge in [0.25, 0.3) is 0 Å². The van der Waals surface area contributed by atoms with Gasteiger partial charge in [-0.2, -0.15) is 0 Å². The van der Waals surface area contributed by atoms with Crippen molar-refractivity contribution < 1.29 is 23.7 Å². The number of methoxy groups -OCH3 is 2. The fraction of sp³-hybridized carbons (Fsp3) is 0.383. The van der Waals surface area contributed by atoms with Crippen LogP contribution in [0.15, 0.2) is 83.6 Å². The van der Waals surface area contributed by atoms with Crippen LogP contribution in [0.25, 0.3) is 20.2 Å². The molecule has 2 aliphatic rings. The van der Waals surface area contributed by atoms with Gasteiger partial charge in [-0.15, -0.1) is 35.1 Å². The van der Waals surface area contributed by atoms with Gasteiger partial charge in [-0.3, -0.25) is 14.6 Å². The van der Waals surface area contributed by atoms with Gasteiger partial charge in [-0.1, -0.05) is 12.1 Å². The number of fused-ring (bicyclic) bond motifs is 2. The van der Waals surface area contributed by atoms with Crippen molar-refractivity contribution in [2.75, 3.05) is 114 Å². The summed E-state index contributed by atoms with van der Waals surface area (Å²) >= 11 is 3.62. The predicted octanol–water partition coefficient (Wildman–Crippen LogP) is 9.19. The number of amides is 1. The van der Waals surface area contributed by atoms with Crippen LogP contribution in [0.3, 0.4) is 0 Å². The third-order valence-corrected chi connectivity index (χ3v) is 13.0. The number of nitrogens with one attached hydrogen (secondary N) is 1. The maximum absolute atomic E-state index is 10.7. The Morgan fingerprint density at radius 1 is 0.656 bits per heavy atom. The lowest BCUT2D eigenvalue weighted by atomic mass is 10.1. The SMILES string of the molecule is COc1cc(N)cc(C)c1OCCCN1CCN(c2cccc3sccc23)CC1.COc1cc(NC=O)cc(C)c1OCCCN1CCN(c2cccc3sccc23)CC1.Cl. The number of rotatable bonds is 16. The van der Waals surface area contributed by atoms with E-state index in [1.165, 1.54) is 31.5 Å². The van der Waals surface area contributed by atoms with E-state index in [1.54, 1.807) is 31.6 Å². The minimum absolute atomic E-state index is 0. The van der Waals surface area contributed by atoms with E-state index in [2.05, 4.69) is 84.2 Å². The number of carbonyl (C=O) groups excluding carboxylic acids is 1. The number of nitrogen functional groups attached to an aromatic ring is 1. The second kappa shape index (κ2) is 22.3. The summed E-state index contributed by atoms with van der Waals surface area (Å²) in [6, 6.07) is 25.1. The zero-order valence-electron chi connectivity index (χ0n) is 35.7. The fourth-order valence-corrected chi connectivity index (χ4v) is 9.81. The highest BCUT2D eigenvalue weighted by Crippen LogP contribution is 2.36. The van der Waals surface area contributed by atoms with Crippen LogP contribution in [0.4, 0.5) is 22.7 Å². The molecular formula is C47H59ClN6O5S2. The number of aryl methyl sites for hydroxylation is 2. The Bertz CT molecular complexity index is 2320. The van der Waals surface area contributed by atoms with Crippen molar-refractivity contribution in [2.45, 2.75) is 26.7 Å². The molecule has 4 heterocycles. The Kier molecular flexibility index (Phi) is 16.6. The Morgan fingerprint density at radius 2 is 1.13 bits per heavy atom. The van der Waals surface area contributed by atoms with Crippen molar-refractivity contribution in [3.63, 3.8) is 0 Å². The monoisotopic (exact) mass is 886 g/mol. The van der Waals surface area contributed by atoms with Gasteiger partial charge in [0, 0.05) is 121 Å². The number of ether oxygens (including phenoxy) is 4. The molecule has 2 saturated heterocycles. The first-order valence-electron chi connectivity index (χ1n) is 20.8. The van der Waals surface area contributed by atoms with Crippen molar-refractivity contribution >= 4 is 84.4 Å². The average Bonchev–Trinajstić information content (AvgIpc) is 3.96. The van der Waals surface area contributed by atoms with Gasteiger partial charge in [-0.25, -0.2) is 0 Å². The molecule has 0 atom stereocenters. The molecule has 2 fully saturated rings. The summed E-state index contributed by atoms with van der Waals surface area (Å²) in [6.45, 7) is 15.9. The normalized spacial score (nSPS) is 14.6. The molecule has 3 N–H and O–H groups in total. The maximum Gasteiger partial charge on any atom is 0.211 e. The molecule has 6 aromatic rings. The van der Waals surface area contributed by atoms with Gasteiger partial charge in [0.2, 0.25) is 6.41 Å². The van der Waals surface area contributed by atoms with Crippen molar-refractivity contribution in [3.05, 3.63) is 94.7 Å². The predicted molar refractivity (Wildman–Crippen MR) is 258 cm³/mol. The number of hydrogen-bond donors (Lipinski definition) is 2. The molecule has 11 nitrogen and oxygen atoms in total. The van der Waals surface area contributed by atoms with Crippen molar-refractivity contribution in [1.29, 1.82) is 0 Å². The molecule has 2 aromatic heterocycles. The zero-order valence-corrected chi connectivity index (χ0v) is 38.1. The lowest BCUT2D eigenvalue weighted by molar-refractivity contribution is -0.105. The Morgan fingerprint density at radius 3 is 1.61 bits per heavy atom. The van der Waals surface area contributed by atoms with Gasteiger partial charge in [0.1, 0.15) is 0 Å². The summed E-state index contributed by atoms with van der Waals surface area (Å²) in [5.41, 5.74) is 12.0. The van der Waals surface area contributed by atoms with E-state index in [4.69, 9.17) is 24.7 Å². The molecule has 0 saturated carbocycles. The van der Waals surface area contributed by atoms with E-state index in [0.717, 1.165) is 101 Å². The van der Waals surface area contributed by atoms with Crippen LogP contribution in [0.5, 0.6) is 23.0 Å². The first-order chi connectivity index (χ1) is 29.3. The summed E-state index contributed by atoms with van der Waals surface area (Å²) in [4.78, 5) is 20.7. The zero-order chi connectivity index (χ0) is 41.8. The topological polar surface area (TPSA) is 105 Å². The summed E-state index contributed by atoms with van der Waals surface area (Å²) in [5, 5.41) is 9.76. The molecule has 326 valence electrons. The smallest absolute Gasteiger partial charge is 0.211 e. The van der Waals surface area contributed by atoms with Crippen molar-refractivity contribution in [3.8, 4) is 23.0 Å². The number of anilines is 4. The van der Waals surface area contributed by atoms with E-state index < -0.39 is 0 Å². The van der Waals surface area contributed by atoms with E-state index in [9.17, 15) is 4.79 Å². The Hall–Kier alpha value is -4.92. The number of halogens is 1. The highest BCUT2D eigenvalue weighted by atomic mass is 35.5. The van der Waals surface area contributed by atoms with Crippen LogP contribution >= 0.6 is 35.1 Å². The van der Waals surface area contributed by atoms with Crippen molar-refractivity contribution in [2.24, 2.45) is 0 Å². The number of thiophene rings is 2. The minimum Gasteiger partial charge on any atom is -0.493 e. The molecule has 8 rings (SSSR count). The Balaban J connectivity index is 0.000000201. The van der Waals surface area contributed by atoms with Crippen LogP contribution in [0.1, 0.15) is 24.0 Å². The first-order valence-corrected chi connectivity index (χ1v) is 22.6. The average molecular weight is 888 g/mol. The highest BCUT2D eigenvalue weighted by Gasteiger charge is 2.21. The molecule has 0 bridgehead atoms. The van der Waals surface area contributed by atoms with Crippen LogP contribution in [-0.4, -0.2) is 109 Å². The third-order valence-electron chi connectivity index (χ3n) is 11.3. The van der Waals surface area contributed by atoms with Gasteiger partial charge in [0.05, 0.1) is 27.4 Å². The van der Waals surface area contributed by atoms with Gasteiger partial charge < -0.3 is 39.8 Å². The molecular weight excluding hydrogens is 828 g/mol. The quantitative estimate of drug-likeness (QED) is 0.0556. The van der Waals surface area contributed by atoms with Crippen LogP contribution in [-0.2, 0) is 4.79 Å². The second-order valence-corrected chi connectivity index (χ2v) is 17.1. The van der Waals surface area contributed by atoms with Crippen molar-refractivity contribution in [1.82, 2.24) is 9.80 Å². The molecule has 0 unspecified atom stereocenters. The number of nitrogens with two attached hydrogens (primary N) is 1. The summed E-state index contributed by atoms with van der Waals surface area (Å²) in [6.07, 6.45) is 2.61. The summed E-state index contributed by atoms with van der Waals surface area (Å²) in [7, 11) is 3.26. The standard InChI is InChI=1S/C24H29N3O3S.C23H29N3O2S.ClH/c1-18-15-19(25-17-28)16-22(29-2)24(18)30-13-4-8-26-9-11-27(12-10-26)21-5-3-6-23-20(21)7-14-31-23;1-17-15-18(24)16-21(27-2)23(17)28-13-4-8-25-9-11-26(12-10-25)20-5-3-6-22-19(20)7-14-29-22;/h3,5-7,14-17H,4,8-13H2,1-2H3,(H,25,28);3,5-7,14-16H,4,8-13,24H2,1-2H3;1H. The third kappa shape index (κ3) is 11.5. The number of nitrogens with zero attached hydrogens (tertiary/aromatic N) is 4. The van der Waals surface area contributed by atoms with Crippen LogP contribution < -0.4 is 39.8 Å². The number of carbonyl (C=O) groups is 1. The van der Waals surface area contributed by atoms with E-state index >= 15 is 0 Å². The van der Waals surface area contributed by atoms with E-state index in [1.807, 2.05) is 43.4 Å². The number of piperazine rings is 2. The second-order valence-electron chi connectivity index (χ2n) is 15.2. The maximum atomic E-state index is 10.7. The summed E-state index contributed by atoms with van der Waals surface area (Å²) < 4.78 is 25.6. The fourth-order valence-electron chi connectivity index (χ4n) is 8.19. The van der Waals surface area contributed by atoms with E-state index in [-0.39, 0.29) is 12.4 Å². The highest BCUT2D eigenvalue weighted by molar-refractivity contribution is 7.17. The number of benzene rings is 4. The minimum atomic E-state index is 0. The van der Waals surface area contributed by atoms with Gasteiger partial charge in [-0.05, 0) is 97.1 Å². The van der Waals surface area contributed by atoms with E-state index in [0.29, 0.717) is 42.5 Å². The van der Waals surface area contributed by atoms with Gasteiger partial charge in [0.15, 0.2) is 23.0 Å². The summed E-state index contributed by atoms with van der Waals surface area (Å²) in [5.74, 6) is 2.89. The lowest BCUT2D eigenvalue weighted by Crippen LogP contribution is -2.46. The molecule has 0 radical (unpaired) electrons. The van der Waals surface area contributed by atoms with Crippen LogP contribution in [0.2, 0.25) is 0 Å². The molecule has 0 spiro atoms. The molecule has 0 aliphatic carbocycles. The van der Waals surface area contributed by atoms with Gasteiger partial charge >= 0.3 is 0 Å². The lowest BCUT2D eigenvalue weighted by Gasteiger charge is -2.36. The first kappa shape index (κ1) is 45.6. The molecule has 1 amide bonds. The molecule has 61 heavy (non-hydrogen) atoms.